The van der Waals surface area contributed by atoms with Gasteiger partial charge in [0.1, 0.15) is 0 Å². The summed E-state index contributed by atoms with van der Waals surface area (Å²) in [5, 5.41) is 2.28. The molecule has 7 nitrogen and oxygen atoms in total. The lowest BCUT2D eigenvalue weighted by Crippen LogP contribution is -2.40. The van der Waals surface area contributed by atoms with E-state index in [0.717, 1.165) is 23.3 Å². The molecule has 1 amide bonds. The highest BCUT2D eigenvalue weighted by Crippen LogP contribution is 2.34. The fourth-order valence-corrected chi connectivity index (χ4v) is 4.86. The predicted octanol–water partition coefficient (Wildman–Crippen LogP) is 2.84. The number of sulfonamides is 1. The number of carbonyl (C=O) groups is 1. The summed E-state index contributed by atoms with van der Waals surface area (Å²) in [6.07, 6.45) is -4.22. The Labute approximate surface area is 184 Å². The third-order valence-corrected chi connectivity index (χ3v) is 7.02. The van der Waals surface area contributed by atoms with Gasteiger partial charge in [0.05, 0.1) is 31.1 Å². The first-order valence-electron chi connectivity index (χ1n) is 9.73. The summed E-state index contributed by atoms with van der Waals surface area (Å²) in [7, 11) is -0.747. The molecule has 3 rings (SSSR count). The molecule has 2 aromatic carbocycles. The van der Waals surface area contributed by atoms with Gasteiger partial charge in [-0.3, -0.25) is 4.79 Å². The number of hydrogen-bond donors (Lipinski definition) is 1. The smallest absolute Gasteiger partial charge is 0.417 e. The van der Waals surface area contributed by atoms with E-state index in [0.29, 0.717) is 17.9 Å². The Balaban J connectivity index is 1.65. The zero-order chi connectivity index (χ0) is 23.5. The van der Waals surface area contributed by atoms with E-state index >= 15 is 0 Å². The number of nitrogens with one attached hydrogen (secondary N) is 1. The molecular formula is C21H23F3N2O5S. The Bertz CT molecular complexity index is 1100. The maximum Gasteiger partial charge on any atom is 0.417 e. The van der Waals surface area contributed by atoms with Crippen molar-refractivity contribution in [1.82, 2.24) is 9.62 Å². The Morgan fingerprint density at radius 2 is 1.72 bits per heavy atom. The molecule has 0 saturated heterocycles. The fourth-order valence-electron chi connectivity index (χ4n) is 3.54. The number of alkyl halides is 3. The van der Waals surface area contributed by atoms with Gasteiger partial charge in [0.15, 0.2) is 11.5 Å². The van der Waals surface area contributed by atoms with Crippen LogP contribution in [0.3, 0.4) is 0 Å². The van der Waals surface area contributed by atoms with Gasteiger partial charge < -0.3 is 14.8 Å². The second-order valence-corrected chi connectivity index (χ2v) is 9.26. The number of amides is 1. The third-order valence-electron chi connectivity index (χ3n) is 5.20. The van der Waals surface area contributed by atoms with Crippen molar-refractivity contribution in [3.63, 3.8) is 0 Å². The zero-order valence-electron chi connectivity index (χ0n) is 17.5. The van der Waals surface area contributed by atoms with Crippen molar-refractivity contribution in [2.45, 2.75) is 19.1 Å². The van der Waals surface area contributed by atoms with Gasteiger partial charge >= 0.3 is 6.18 Å². The largest absolute Gasteiger partial charge is 0.493 e. The van der Waals surface area contributed by atoms with Gasteiger partial charge in [-0.2, -0.15) is 17.5 Å². The molecule has 0 unspecified atom stereocenters. The van der Waals surface area contributed by atoms with Gasteiger partial charge in [0, 0.05) is 19.6 Å². The number of fused-ring (bicyclic) bond motifs is 1. The van der Waals surface area contributed by atoms with Crippen LogP contribution in [0.15, 0.2) is 36.4 Å². The van der Waals surface area contributed by atoms with Gasteiger partial charge in [-0.1, -0.05) is 12.1 Å². The first-order valence-corrected chi connectivity index (χ1v) is 11.3. The number of benzene rings is 2. The van der Waals surface area contributed by atoms with E-state index in [1.807, 2.05) is 6.07 Å². The number of rotatable bonds is 7. The highest BCUT2D eigenvalue weighted by Gasteiger charge is 2.35. The molecule has 1 aliphatic rings. The molecule has 2 aromatic rings. The number of carbonyl (C=O) groups excluding carboxylic acids is 1. The molecule has 0 aliphatic carbocycles. The predicted molar refractivity (Wildman–Crippen MR) is 111 cm³/mol. The lowest BCUT2D eigenvalue weighted by atomic mass is 10.0. The number of hydrogen-bond acceptors (Lipinski definition) is 5. The second-order valence-electron chi connectivity index (χ2n) is 7.17. The molecule has 0 spiro atoms. The first kappa shape index (κ1) is 23.9. The van der Waals surface area contributed by atoms with E-state index in [-0.39, 0.29) is 19.6 Å². The molecule has 11 heteroatoms. The summed E-state index contributed by atoms with van der Waals surface area (Å²) >= 11 is 0. The Morgan fingerprint density at radius 3 is 2.34 bits per heavy atom. The van der Waals surface area contributed by atoms with Crippen LogP contribution in [-0.2, 0) is 29.2 Å². The average molecular weight is 472 g/mol. The molecule has 1 aliphatic heterocycles. The van der Waals surface area contributed by atoms with Crippen molar-refractivity contribution in [1.29, 1.82) is 0 Å². The molecule has 32 heavy (non-hydrogen) atoms. The summed E-state index contributed by atoms with van der Waals surface area (Å²) < 4.78 is 76.6. The molecule has 0 bridgehead atoms. The molecule has 0 radical (unpaired) electrons. The van der Waals surface area contributed by atoms with Crippen molar-refractivity contribution in [2.75, 3.05) is 33.1 Å². The van der Waals surface area contributed by atoms with Crippen LogP contribution in [0, 0.1) is 0 Å². The van der Waals surface area contributed by atoms with Gasteiger partial charge in [0.2, 0.25) is 10.0 Å². The highest BCUT2D eigenvalue weighted by atomic mass is 32.2. The molecule has 174 valence electrons. The van der Waals surface area contributed by atoms with Crippen molar-refractivity contribution in [2.24, 2.45) is 0 Å². The minimum atomic E-state index is -4.69. The Hall–Kier alpha value is -2.79. The summed E-state index contributed by atoms with van der Waals surface area (Å²) in [4.78, 5) is 12.2. The van der Waals surface area contributed by atoms with Crippen LogP contribution in [0.4, 0.5) is 13.2 Å². The van der Waals surface area contributed by atoms with Crippen LogP contribution in [0.1, 0.15) is 27.0 Å². The summed E-state index contributed by atoms with van der Waals surface area (Å²) in [5.74, 6) is -0.366. The second kappa shape index (κ2) is 9.37. The SMILES string of the molecule is COc1cc2c(cc1OC)CN(S(=O)(=O)CCNC(=O)c1ccccc1C(F)(F)F)CC2. The van der Waals surface area contributed by atoms with Crippen LogP contribution in [0.25, 0.3) is 0 Å². The van der Waals surface area contributed by atoms with Crippen molar-refractivity contribution < 1.29 is 35.9 Å². The van der Waals surface area contributed by atoms with Crippen LogP contribution in [-0.4, -0.2) is 51.7 Å². The van der Waals surface area contributed by atoms with E-state index < -0.39 is 39.0 Å². The van der Waals surface area contributed by atoms with Gasteiger partial charge in [-0.05, 0) is 41.8 Å². The average Bonchev–Trinajstić information content (AvgIpc) is 2.76. The maximum atomic E-state index is 13.1. The zero-order valence-corrected chi connectivity index (χ0v) is 18.3. The third kappa shape index (κ3) is 5.16. The van der Waals surface area contributed by atoms with Crippen molar-refractivity contribution in [3.8, 4) is 11.5 Å². The quantitative estimate of drug-likeness (QED) is 0.670. The van der Waals surface area contributed by atoms with E-state index in [1.165, 1.54) is 30.7 Å². The first-order chi connectivity index (χ1) is 15.1. The summed E-state index contributed by atoms with van der Waals surface area (Å²) in [6.45, 7) is 0.0567. The van der Waals surface area contributed by atoms with E-state index in [2.05, 4.69) is 5.32 Å². The normalized spacial score (nSPS) is 14.5. The fraction of sp³-hybridized carbons (Fsp3) is 0.381. The van der Waals surface area contributed by atoms with Crippen molar-refractivity contribution >= 4 is 15.9 Å². The Morgan fingerprint density at radius 1 is 1.09 bits per heavy atom. The van der Waals surface area contributed by atoms with Crippen LogP contribution in [0.5, 0.6) is 11.5 Å². The Kier molecular flexibility index (Phi) is 6.99. The van der Waals surface area contributed by atoms with Gasteiger partial charge in [0.25, 0.3) is 5.91 Å². The standard InChI is InChI=1S/C21H23F3N2O5S/c1-30-18-11-14-7-9-26(13-15(14)12-19(18)31-2)32(28,29)10-8-25-20(27)16-5-3-4-6-17(16)21(22,23)24/h3-6,11-12H,7-10,13H2,1-2H3,(H,25,27). The number of halogens is 3. The summed E-state index contributed by atoms with van der Waals surface area (Å²) in [5.41, 5.74) is 0.106. The molecule has 1 heterocycles. The molecule has 1 N–H and O–H groups in total. The van der Waals surface area contributed by atoms with Crippen LogP contribution < -0.4 is 14.8 Å². The monoisotopic (exact) mass is 472 g/mol. The molecule has 0 aromatic heterocycles. The minimum Gasteiger partial charge on any atom is -0.493 e. The van der Waals surface area contributed by atoms with Crippen LogP contribution >= 0.6 is 0 Å². The highest BCUT2D eigenvalue weighted by molar-refractivity contribution is 7.89. The van der Waals surface area contributed by atoms with Crippen molar-refractivity contribution in [3.05, 3.63) is 58.7 Å². The van der Waals surface area contributed by atoms with Crippen LogP contribution in [0.2, 0.25) is 0 Å². The topological polar surface area (TPSA) is 84.9 Å². The van der Waals surface area contributed by atoms with Gasteiger partial charge in [-0.25, -0.2) is 8.42 Å². The summed E-state index contributed by atoms with van der Waals surface area (Å²) in [6, 6.07) is 7.90. The lowest BCUT2D eigenvalue weighted by molar-refractivity contribution is -0.137. The molecule has 0 atom stereocenters. The maximum absolute atomic E-state index is 13.1. The van der Waals surface area contributed by atoms with Gasteiger partial charge in [-0.15, -0.1) is 0 Å². The molecule has 0 fully saturated rings. The number of methoxy groups -OCH3 is 2. The minimum absolute atomic E-state index is 0.128. The lowest BCUT2D eigenvalue weighted by Gasteiger charge is -2.29. The number of ether oxygens (including phenoxy) is 2. The molecule has 0 saturated carbocycles. The van der Waals surface area contributed by atoms with E-state index in [9.17, 15) is 26.4 Å². The van der Waals surface area contributed by atoms with E-state index in [1.54, 1.807) is 6.07 Å². The van der Waals surface area contributed by atoms with E-state index in [4.69, 9.17) is 9.47 Å². The number of nitrogens with zero attached hydrogens (tertiary/aromatic N) is 1. The molecular weight excluding hydrogens is 449 g/mol.